The van der Waals surface area contributed by atoms with Crippen LogP contribution in [0.2, 0.25) is 0 Å². The van der Waals surface area contributed by atoms with Crippen molar-refractivity contribution in [3.63, 3.8) is 0 Å². The van der Waals surface area contributed by atoms with Crippen LogP contribution in [-0.2, 0) is 22.6 Å². The monoisotopic (exact) mass is 555 g/mol. The fourth-order valence-corrected chi connectivity index (χ4v) is 6.55. The first-order valence-electron chi connectivity index (χ1n) is 14.2. The molecule has 0 radical (unpaired) electrons. The maximum absolute atomic E-state index is 14.3. The molecule has 1 saturated carbocycles. The minimum absolute atomic E-state index is 0.00707. The number of nitrogens with one attached hydrogen (secondary N) is 2. The van der Waals surface area contributed by atoms with E-state index in [-0.39, 0.29) is 36.8 Å². The van der Waals surface area contributed by atoms with E-state index in [4.69, 9.17) is 4.74 Å². The first-order valence-corrected chi connectivity index (χ1v) is 14.2. The summed E-state index contributed by atoms with van der Waals surface area (Å²) < 4.78 is 6.25. The van der Waals surface area contributed by atoms with E-state index < -0.39 is 17.9 Å². The number of aromatic nitrogens is 2. The minimum Gasteiger partial charge on any atom is -0.487 e. The number of rotatable bonds is 7. The Morgan fingerprint density at radius 1 is 1.00 bits per heavy atom. The molecule has 0 spiro atoms. The fourth-order valence-electron chi connectivity index (χ4n) is 6.55. The highest BCUT2D eigenvalue weighted by Gasteiger charge is 2.45. The van der Waals surface area contributed by atoms with E-state index in [0.717, 1.165) is 29.7 Å². The van der Waals surface area contributed by atoms with Crippen molar-refractivity contribution in [2.24, 2.45) is 11.8 Å². The zero-order chi connectivity index (χ0) is 28.5. The molecule has 3 heterocycles. The Morgan fingerprint density at radius 3 is 2.41 bits per heavy atom. The summed E-state index contributed by atoms with van der Waals surface area (Å²) in [4.78, 5) is 57.0. The second kappa shape index (κ2) is 11.2. The van der Waals surface area contributed by atoms with Gasteiger partial charge in [0.05, 0.1) is 29.4 Å². The third-order valence-electron chi connectivity index (χ3n) is 8.61. The van der Waals surface area contributed by atoms with Gasteiger partial charge in [0.25, 0.3) is 11.8 Å². The molecule has 2 unspecified atom stereocenters. The molecule has 3 atom stereocenters. The number of nitrogens with zero attached hydrogens (tertiary/aromatic N) is 3. The van der Waals surface area contributed by atoms with E-state index in [2.05, 4.69) is 15.5 Å². The van der Waals surface area contributed by atoms with Crippen LogP contribution in [-0.4, -0.2) is 63.8 Å². The average molecular weight is 556 g/mol. The molecule has 1 aromatic heterocycles. The van der Waals surface area contributed by atoms with Gasteiger partial charge in [-0.1, -0.05) is 37.1 Å². The molecule has 0 bridgehead atoms. The van der Waals surface area contributed by atoms with Crippen LogP contribution in [0.3, 0.4) is 0 Å². The third kappa shape index (κ3) is 4.87. The number of hydrogen-bond donors (Lipinski definition) is 2. The molecule has 2 aromatic carbocycles. The van der Waals surface area contributed by atoms with Crippen LogP contribution in [0.4, 0.5) is 0 Å². The van der Waals surface area contributed by atoms with Crippen LogP contribution < -0.4 is 10.1 Å². The Hall–Kier alpha value is -4.47. The van der Waals surface area contributed by atoms with Crippen molar-refractivity contribution in [3.05, 3.63) is 82.7 Å². The van der Waals surface area contributed by atoms with E-state index in [0.29, 0.717) is 42.7 Å². The summed E-state index contributed by atoms with van der Waals surface area (Å²) in [6, 6.07) is 13.8. The molecule has 2 N–H and O–H groups in total. The van der Waals surface area contributed by atoms with Gasteiger partial charge in [-0.3, -0.25) is 29.2 Å². The van der Waals surface area contributed by atoms with Gasteiger partial charge in [0.2, 0.25) is 11.8 Å². The van der Waals surface area contributed by atoms with E-state index >= 15 is 0 Å². The molecule has 10 nitrogen and oxygen atoms in total. The van der Waals surface area contributed by atoms with Crippen molar-refractivity contribution in [1.29, 1.82) is 0 Å². The zero-order valence-corrected chi connectivity index (χ0v) is 23.0. The largest absolute Gasteiger partial charge is 0.487 e. The average Bonchev–Trinajstić information content (AvgIpc) is 3.62. The Kier molecular flexibility index (Phi) is 7.30. The quantitative estimate of drug-likeness (QED) is 0.431. The van der Waals surface area contributed by atoms with Crippen molar-refractivity contribution in [2.45, 2.75) is 44.8 Å². The molecule has 0 saturated heterocycles. The maximum Gasteiger partial charge on any atom is 0.261 e. The number of carbonyl (C=O) groups excluding carboxylic acids is 4. The summed E-state index contributed by atoms with van der Waals surface area (Å²) in [5, 5.41) is 9.61. The number of carbonyl (C=O) groups is 4. The van der Waals surface area contributed by atoms with Crippen LogP contribution in [0.15, 0.2) is 54.7 Å². The first kappa shape index (κ1) is 26.7. The Bertz CT molecular complexity index is 1450. The Morgan fingerprint density at radius 2 is 1.73 bits per heavy atom. The SMILES string of the molecule is CNC(=O)C1CCCCC1C(=O)N1CCc2cccc(OCc3ccn[nH]3)c2[C@H]1CN1C(=O)c2ccccc2C1=O. The van der Waals surface area contributed by atoms with Gasteiger partial charge in [0.1, 0.15) is 12.4 Å². The zero-order valence-electron chi connectivity index (χ0n) is 23.0. The highest BCUT2D eigenvalue weighted by Crippen LogP contribution is 2.41. The Labute approximate surface area is 238 Å². The number of hydrogen-bond acceptors (Lipinski definition) is 6. The summed E-state index contributed by atoms with van der Waals surface area (Å²) in [6.45, 7) is 0.652. The van der Waals surface area contributed by atoms with Gasteiger partial charge in [-0.25, -0.2) is 0 Å². The summed E-state index contributed by atoms with van der Waals surface area (Å²) in [5.74, 6) is -1.27. The number of fused-ring (bicyclic) bond motifs is 2. The van der Waals surface area contributed by atoms with Crippen LogP contribution in [0.5, 0.6) is 5.75 Å². The lowest BCUT2D eigenvalue weighted by Gasteiger charge is -2.42. The molecular weight excluding hydrogens is 522 g/mol. The number of imide groups is 1. The van der Waals surface area contributed by atoms with Crippen molar-refractivity contribution in [1.82, 2.24) is 25.3 Å². The predicted molar refractivity (Wildman–Crippen MR) is 149 cm³/mol. The second-order valence-electron chi connectivity index (χ2n) is 10.9. The van der Waals surface area contributed by atoms with Crippen LogP contribution in [0.25, 0.3) is 0 Å². The van der Waals surface area contributed by atoms with Gasteiger partial charge in [0.15, 0.2) is 0 Å². The Balaban J connectivity index is 1.38. The molecule has 41 heavy (non-hydrogen) atoms. The number of benzene rings is 2. The van der Waals surface area contributed by atoms with Crippen molar-refractivity contribution in [3.8, 4) is 5.75 Å². The maximum atomic E-state index is 14.3. The van der Waals surface area contributed by atoms with E-state index in [1.165, 1.54) is 4.90 Å². The lowest BCUT2D eigenvalue weighted by Crippen LogP contribution is -2.51. The number of aromatic amines is 1. The lowest BCUT2D eigenvalue weighted by atomic mass is 9.77. The highest BCUT2D eigenvalue weighted by molar-refractivity contribution is 6.21. The smallest absolute Gasteiger partial charge is 0.261 e. The van der Waals surface area contributed by atoms with Gasteiger partial charge in [-0.15, -0.1) is 0 Å². The molecule has 10 heteroatoms. The molecule has 212 valence electrons. The number of ether oxygens (including phenoxy) is 1. The number of amides is 4. The molecule has 4 amide bonds. The lowest BCUT2D eigenvalue weighted by molar-refractivity contribution is -0.146. The van der Waals surface area contributed by atoms with E-state index in [9.17, 15) is 19.2 Å². The predicted octanol–water partition coefficient (Wildman–Crippen LogP) is 3.26. The van der Waals surface area contributed by atoms with Crippen molar-refractivity contribution >= 4 is 23.6 Å². The van der Waals surface area contributed by atoms with Crippen LogP contribution >= 0.6 is 0 Å². The van der Waals surface area contributed by atoms with Gasteiger partial charge < -0.3 is 15.0 Å². The molecule has 3 aliphatic rings. The third-order valence-corrected chi connectivity index (χ3v) is 8.61. The van der Waals surface area contributed by atoms with Gasteiger partial charge >= 0.3 is 0 Å². The van der Waals surface area contributed by atoms with E-state index in [1.54, 1.807) is 42.4 Å². The molecule has 2 aliphatic heterocycles. The van der Waals surface area contributed by atoms with Gasteiger partial charge in [-0.05, 0) is 49.1 Å². The molecule has 1 aliphatic carbocycles. The summed E-state index contributed by atoms with van der Waals surface area (Å²) in [7, 11) is 1.60. The van der Waals surface area contributed by atoms with Crippen LogP contribution in [0, 0.1) is 11.8 Å². The topological polar surface area (TPSA) is 125 Å². The highest BCUT2D eigenvalue weighted by atomic mass is 16.5. The summed E-state index contributed by atoms with van der Waals surface area (Å²) >= 11 is 0. The van der Waals surface area contributed by atoms with Crippen molar-refractivity contribution < 1.29 is 23.9 Å². The van der Waals surface area contributed by atoms with Gasteiger partial charge in [-0.2, -0.15) is 5.10 Å². The molecular formula is C31H33N5O5. The molecule has 1 fully saturated rings. The van der Waals surface area contributed by atoms with Gasteiger partial charge in [0, 0.05) is 37.2 Å². The molecule has 6 rings (SSSR count). The molecule has 3 aromatic rings. The standard InChI is InChI=1S/C31H33N5O5/c1-32-28(37)21-8-2-3-9-22(21)29(38)35-16-14-19-7-6-12-26(41-18-20-13-15-33-34-20)27(19)25(35)17-36-30(39)23-10-4-5-11-24(23)31(36)40/h4-7,10-13,15,21-22,25H,2-3,8-9,14,16-18H2,1H3,(H,32,37)(H,33,34)/t21?,22?,25-/m1/s1. The van der Waals surface area contributed by atoms with Crippen LogP contribution in [0.1, 0.15) is 69.3 Å². The minimum atomic E-state index is -0.626. The van der Waals surface area contributed by atoms with E-state index in [1.807, 2.05) is 24.3 Å². The second-order valence-corrected chi connectivity index (χ2v) is 10.9. The summed E-state index contributed by atoms with van der Waals surface area (Å²) in [5.41, 5.74) is 3.31. The normalized spacial score (nSPS) is 21.8. The van der Waals surface area contributed by atoms with Crippen molar-refractivity contribution in [2.75, 3.05) is 20.1 Å². The fraction of sp³-hybridized carbons (Fsp3) is 0.387. The summed E-state index contributed by atoms with van der Waals surface area (Å²) in [6.07, 6.45) is 5.29. The number of H-pyrrole nitrogens is 1. The first-order chi connectivity index (χ1) is 20.0.